The molecule has 0 aromatic rings. The van der Waals surface area contributed by atoms with Gasteiger partial charge in [0.2, 0.25) is 11.8 Å². The minimum atomic E-state index is -2.60. The lowest BCUT2D eigenvalue weighted by Gasteiger charge is -2.30. The zero-order chi connectivity index (χ0) is 13.1. The van der Waals surface area contributed by atoms with Crippen LogP contribution < -0.4 is 0 Å². The van der Waals surface area contributed by atoms with E-state index in [2.05, 4.69) is 6.07 Å². The number of rotatable bonds is 3. The van der Waals surface area contributed by atoms with Crippen LogP contribution in [0.3, 0.4) is 0 Å². The molecule has 0 saturated heterocycles. The molecule has 96 valence electrons. The van der Waals surface area contributed by atoms with Crippen LogP contribution in [0.4, 0.5) is 8.78 Å². The molecule has 1 aliphatic carbocycles. The first-order valence-corrected chi connectivity index (χ1v) is 5.88. The van der Waals surface area contributed by atoms with E-state index in [4.69, 9.17) is 5.26 Å². The Balaban J connectivity index is 2.46. The number of carbonyl (C=O) groups excluding carboxylic acids is 1. The lowest BCUT2D eigenvalue weighted by atomic mass is 9.86. The highest BCUT2D eigenvalue weighted by Gasteiger charge is 2.38. The van der Waals surface area contributed by atoms with Gasteiger partial charge in [-0.2, -0.15) is 5.26 Å². The largest absolute Gasteiger partial charge is 0.344 e. The van der Waals surface area contributed by atoms with Crippen molar-refractivity contribution in [2.75, 3.05) is 13.6 Å². The number of hydrogen-bond donors (Lipinski definition) is 0. The topological polar surface area (TPSA) is 44.1 Å². The third-order valence-corrected chi connectivity index (χ3v) is 3.21. The molecule has 0 heterocycles. The molecule has 0 aromatic heterocycles. The predicted molar refractivity (Wildman–Crippen MR) is 59.3 cm³/mol. The van der Waals surface area contributed by atoms with E-state index in [0.29, 0.717) is 6.54 Å². The van der Waals surface area contributed by atoms with Crippen molar-refractivity contribution < 1.29 is 13.6 Å². The molecular formula is C12H18F2N2O. The molecule has 3 nitrogen and oxygen atoms in total. The SMILES string of the molecule is CC(C#N)CN(C)C(=O)C1CCC(F)(F)CC1. The van der Waals surface area contributed by atoms with Gasteiger partial charge in [-0.3, -0.25) is 4.79 Å². The molecule has 1 fully saturated rings. The molecule has 1 rings (SSSR count). The third kappa shape index (κ3) is 3.95. The van der Waals surface area contributed by atoms with Crippen LogP contribution in [-0.4, -0.2) is 30.3 Å². The Morgan fingerprint density at radius 1 is 1.53 bits per heavy atom. The van der Waals surface area contributed by atoms with Gasteiger partial charge in [-0.1, -0.05) is 0 Å². The highest BCUT2D eigenvalue weighted by Crippen LogP contribution is 2.36. The highest BCUT2D eigenvalue weighted by atomic mass is 19.3. The standard InChI is InChI=1S/C12H18F2N2O/c1-9(7-15)8-16(2)11(17)10-3-5-12(13,14)6-4-10/h9-10H,3-6,8H2,1-2H3. The van der Waals surface area contributed by atoms with E-state index in [1.807, 2.05) is 0 Å². The van der Waals surface area contributed by atoms with Gasteiger partial charge in [0.15, 0.2) is 0 Å². The smallest absolute Gasteiger partial charge is 0.248 e. The number of nitrogens with zero attached hydrogens (tertiary/aromatic N) is 2. The maximum absolute atomic E-state index is 12.9. The molecule has 1 saturated carbocycles. The summed E-state index contributed by atoms with van der Waals surface area (Å²) < 4.78 is 25.9. The summed E-state index contributed by atoms with van der Waals surface area (Å²) in [6, 6.07) is 2.05. The molecule has 1 aliphatic rings. The zero-order valence-electron chi connectivity index (χ0n) is 10.2. The van der Waals surface area contributed by atoms with Gasteiger partial charge >= 0.3 is 0 Å². The van der Waals surface area contributed by atoms with E-state index in [-0.39, 0.29) is 43.4 Å². The van der Waals surface area contributed by atoms with E-state index in [1.54, 1.807) is 14.0 Å². The molecule has 0 aromatic carbocycles. The minimum absolute atomic E-state index is 0.109. The average Bonchev–Trinajstić information content (AvgIpc) is 2.27. The number of carbonyl (C=O) groups is 1. The first-order chi connectivity index (χ1) is 7.85. The van der Waals surface area contributed by atoms with Crippen molar-refractivity contribution in [3.05, 3.63) is 0 Å². The monoisotopic (exact) mass is 244 g/mol. The van der Waals surface area contributed by atoms with Crippen molar-refractivity contribution in [2.45, 2.75) is 38.5 Å². The third-order valence-electron chi connectivity index (χ3n) is 3.21. The Hall–Kier alpha value is -1.18. The molecule has 1 atom stereocenters. The fourth-order valence-electron chi connectivity index (χ4n) is 2.14. The van der Waals surface area contributed by atoms with Crippen molar-refractivity contribution in [2.24, 2.45) is 11.8 Å². The summed E-state index contributed by atoms with van der Waals surface area (Å²) in [4.78, 5) is 13.4. The van der Waals surface area contributed by atoms with Crippen LogP contribution in [0, 0.1) is 23.2 Å². The van der Waals surface area contributed by atoms with Crippen LogP contribution in [-0.2, 0) is 4.79 Å². The summed E-state index contributed by atoms with van der Waals surface area (Å²) in [7, 11) is 1.63. The number of amides is 1. The second-order valence-corrected chi connectivity index (χ2v) is 4.88. The second-order valence-electron chi connectivity index (χ2n) is 4.88. The molecule has 0 bridgehead atoms. The van der Waals surface area contributed by atoms with E-state index in [9.17, 15) is 13.6 Å². The second kappa shape index (κ2) is 5.44. The quantitative estimate of drug-likeness (QED) is 0.765. The first-order valence-electron chi connectivity index (χ1n) is 5.88. The Morgan fingerprint density at radius 3 is 2.53 bits per heavy atom. The van der Waals surface area contributed by atoms with Crippen LogP contribution in [0.15, 0.2) is 0 Å². The molecule has 5 heteroatoms. The zero-order valence-corrected chi connectivity index (χ0v) is 10.2. The molecule has 0 spiro atoms. The molecule has 0 radical (unpaired) electrons. The fraction of sp³-hybridized carbons (Fsp3) is 0.833. The molecule has 1 amide bonds. The Labute approximate surface area is 100 Å². The summed E-state index contributed by atoms with van der Waals surface area (Å²) in [6.07, 6.45) is 0.0876. The number of hydrogen-bond acceptors (Lipinski definition) is 2. The molecular weight excluding hydrogens is 226 g/mol. The molecule has 0 aliphatic heterocycles. The number of nitriles is 1. The number of alkyl halides is 2. The maximum Gasteiger partial charge on any atom is 0.248 e. The predicted octanol–water partition coefficient (Wildman–Crippen LogP) is 2.43. The lowest BCUT2D eigenvalue weighted by Crippen LogP contribution is -2.38. The van der Waals surface area contributed by atoms with Crippen molar-refractivity contribution in [1.82, 2.24) is 4.90 Å². The van der Waals surface area contributed by atoms with E-state index in [0.717, 1.165) is 0 Å². The Morgan fingerprint density at radius 2 is 2.06 bits per heavy atom. The Bertz CT molecular complexity index is 315. The van der Waals surface area contributed by atoms with Crippen LogP contribution in [0.1, 0.15) is 32.6 Å². The van der Waals surface area contributed by atoms with Gasteiger partial charge in [-0.15, -0.1) is 0 Å². The normalized spacial score (nSPS) is 21.6. The maximum atomic E-state index is 12.9. The molecule has 17 heavy (non-hydrogen) atoms. The first kappa shape index (κ1) is 13.9. The summed E-state index contributed by atoms with van der Waals surface area (Å²) >= 11 is 0. The lowest BCUT2D eigenvalue weighted by molar-refractivity contribution is -0.138. The van der Waals surface area contributed by atoms with E-state index >= 15 is 0 Å². The summed E-state index contributed by atoms with van der Waals surface area (Å²) in [5.41, 5.74) is 0. The van der Waals surface area contributed by atoms with Gasteiger partial charge in [0.05, 0.1) is 12.0 Å². The van der Waals surface area contributed by atoms with Crippen LogP contribution in [0.2, 0.25) is 0 Å². The van der Waals surface area contributed by atoms with Gasteiger partial charge in [-0.05, 0) is 19.8 Å². The van der Waals surface area contributed by atoms with Crippen LogP contribution in [0.5, 0.6) is 0 Å². The van der Waals surface area contributed by atoms with Gasteiger partial charge in [-0.25, -0.2) is 8.78 Å². The Kier molecular flexibility index (Phi) is 4.44. The number of halogens is 2. The summed E-state index contributed by atoms with van der Waals surface area (Å²) in [6.45, 7) is 2.10. The minimum Gasteiger partial charge on any atom is -0.344 e. The van der Waals surface area contributed by atoms with Crippen LogP contribution in [0.25, 0.3) is 0 Å². The van der Waals surface area contributed by atoms with Crippen LogP contribution >= 0.6 is 0 Å². The van der Waals surface area contributed by atoms with Gasteiger partial charge in [0.25, 0.3) is 0 Å². The fourth-order valence-corrected chi connectivity index (χ4v) is 2.14. The summed E-state index contributed by atoms with van der Waals surface area (Å²) in [5, 5.41) is 8.66. The van der Waals surface area contributed by atoms with Gasteiger partial charge in [0.1, 0.15) is 0 Å². The summed E-state index contributed by atoms with van der Waals surface area (Å²) in [5.74, 6) is -3.24. The van der Waals surface area contributed by atoms with Gasteiger partial charge < -0.3 is 4.90 Å². The van der Waals surface area contributed by atoms with E-state index < -0.39 is 5.92 Å². The van der Waals surface area contributed by atoms with Crippen molar-refractivity contribution in [3.63, 3.8) is 0 Å². The van der Waals surface area contributed by atoms with Gasteiger partial charge in [0, 0.05) is 32.4 Å². The molecule has 0 N–H and O–H groups in total. The van der Waals surface area contributed by atoms with Crippen molar-refractivity contribution in [1.29, 1.82) is 5.26 Å². The van der Waals surface area contributed by atoms with E-state index in [1.165, 1.54) is 4.90 Å². The molecule has 1 unspecified atom stereocenters. The van der Waals surface area contributed by atoms with Crippen molar-refractivity contribution in [3.8, 4) is 6.07 Å². The van der Waals surface area contributed by atoms with Crippen molar-refractivity contribution >= 4 is 5.91 Å². The average molecular weight is 244 g/mol. The highest BCUT2D eigenvalue weighted by molar-refractivity contribution is 5.78.